The van der Waals surface area contributed by atoms with Gasteiger partial charge in [-0.15, -0.1) is 10.2 Å². The number of nitrogens with zero attached hydrogens (tertiary/aromatic N) is 3. The van der Waals surface area contributed by atoms with E-state index in [-0.39, 0.29) is 0 Å². The molecular formula is C26H23N3O2. The SMILES string of the molecule is COc1cc2c3nnc(-c4ccccc4)c-3cn(Cc3ccc(C)cc3)c2cc1OC. The van der Waals surface area contributed by atoms with Crippen molar-refractivity contribution >= 4 is 10.9 Å². The van der Waals surface area contributed by atoms with Gasteiger partial charge in [-0.1, -0.05) is 60.2 Å². The molecule has 3 aromatic carbocycles. The van der Waals surface area contributed by atoms with Crippen LogP contribution in [0.3, 0.4) is 0 Å². The molecule has 0 N–H and O–H groups in total. The number of ether oxygens (including phenoxy) is 2. The number of hydrogen-bond donors (Lipinski definition) is 0. The van der Waals surface area contributed by atoms with Crippen LogP contribution in [-0.4, -0.2) is 29.0 Å². The first-order valence-electron chi connectivity index (χ1n) is 10.2. The highest BCUT2D eigenvalue weighted by atomic mass is 16.5. The molecule has 0 aromatic heterocycles. The van der Waals surface area contributed by atoms with Gasteiger partial charge in [-0.05, 0) is 18.6 Å². The van der Waals surface area contributed by atoms with E-state index in [0.29, 0.717) is 11.5 Å². The maximum atomic E-state index is 5.58. The van der Waals surface area contributed by atoms with E-state index in [4.69, 9.17) is 9.47 Å². The van der Waals surface area contributed by atoms with Gasteiger partial charge in [-0.3, -0.25) is 0 Å². The molecule has 0 unspecified atom stereocenters. The fourth-order valence-corrected chi connectivity index (χ4v) is 3.99. The summed E-state index contributed by atoms with van der Waals surface area (Å²) in [5.41, 5.74) is 7.28. The molecule has 0 radical (unpaired) electrons. The summed E-state index contributed by atoms with van der Waals surface area (Å²) in [6.07, 6.45) is 2.14. The molecule has 31 heavy (non-hydrogen) atoms. The number of rotatable bonds is 5. The Morgan fingerprint density at radius 3 is 2.19 bits per heavy atom. The first-order valence-corrected chi connectivity index (χ1v) is 10.2. The molecule has 5 nitrogen and oxygen atoms in total. The van der Waals surface area contributed by atoms with Gasteiger partial charge in [0.2, 0.25) is 0 Å². The molecule has 5 heteroatoms. The molecule has 0 bridgehead atoms. The molecule has 2 heterocycles. The van der Waals surface area contributed by atoms with E-state index in [0.717, 1.165) is 40.0 Å². The Kier molecular flexibility index (Phi) is 4.79. The van der Waals surface area contributed by atoms with Crippen LogP contribution < -0.4 is 9.47 Å². The maximum Gasteiger partial charge on any atom is 0.162 e. The molecule has 3 aromatic rings. The molecule has 154 valence electrons. The van der Waals surface area contributed by atoms with Gasteiger partial charge in [0.1, 0.15) is 11.4 Å². The van der Waals surface area contributed by atoms with Crippen LogP contribution in [0.1, 0.15) is 11.1 Å². The van der Waals surface area contributed by atoms with E-state index in [1.54, 1.807) is 14.2 Å². The lowest BCUT2D eigenvalue weighted by atomic mass is 10.0. The Morgan fingerprint density at radius 2 is 1.48 bits per heavy atom. The largest absolute Gasteiger partial charge is 0.493 e. The van der Waals surface area contributed by atoms with Crippen molar-refractivity contribution in [3.8, 4) is 34.0 Å². The van der Waals surface area contributed by atoms with Crippen molar-refractivity contribution in [2.45, 2.75) is 13.5 Å². The first-order chi connectivity index (χ1) is 15.2. The van der Waals surface area contributed by atoms with Crippen LogP contribution >= 0.6 is 0 Å². The molecule has 0 aliphatic carbocycles. The zero-order chi connectivity index (χ0) is 21.4. The highest BCUT2D eigenvalue weighted by Crippen LogP contribution is 2.40. The topological polar surface area (TPSA) is 49.2 Å². The normalized spacial score (nSPS) is 11.2. The minimum absolute atomic E-state index is 0.675. The smallest absolute Gasteiger partial charge is 0.162 e. The van der Waals surface area contributed by atoms with Gasteiger partial charge in [-0.2, -0.15) is 0 Å². The molecule has 5 rings (SSSR count). The standard InChI is InChI=1S/C26H23N3O2/c1-17-9-11-18(12-10-17)15-29-16-21-25(19-7-5-4-6-8-19)27-28-26(21)20-13-23(30-2)24(31-3)14-22(20)29/h4-14,16H,15H2,1-3H3. The van der Waals surface area contributed by atoms with Crippen molar-refractivity contribution in [3.05, 3.63) is 84.1 Å². The second kappa shape index (κ2) is 7.76. The summed E-state index contributed by atoms with van der Waals surface area (Å²) in [5, 5.41) is 10.1. The summed E-state index contributed by atoms with van der Waals surface area (Å²) >= 11 is 0. The quantitative estimate of drug-likeness (QED) is 0.380. The number of fused-ring (bicyclic) bond motifs is 3. The van der Waals surface area contributed by atoms with Gasteiger partial charge in [0.05, 0.1) is 19.7 Å². The van der Waals surface area contributed by atoms with Crippen LogP contribution in [0.5, 0.6) is 11.5 Å². The number of hydrogen-bond acceptors (Lipinski definition) is 4. The third kappa shape index (κ3) is 3.38. The van der Waals surface area contributed by atoms with E-state index in [9.17, 15) is 0 Å². The van der Waals surface area contributed by atoms with Crippen LogP contribution in [0.15, 0.2) is 72.9 Å². The highest BCUT2D eigenvalue weighted by molar-refractivity contribution is 5.99. The van der Waals surface area contributed by atoms with E-state index in [1.165, 1.54) is 11.1 Å². The van der Waals surface area contributed by atoms with Crippen LogP contribution in [0.25, 0.3) is 33.4 Å². The van der Waals surface area contributed by atoms with Crippen molar-refractivity contribution in [1.82, 2.24) is 14.8 Å². The summed E-state index contributed by atoms with van der Waals surface area (Å²) < 4.78 is 13.4. The lowest BCUT2D eigenvalue weighted by Crippen LogP contribution is -2.05. The Balaban J connectivity index is 1.77. The van der Waals surface area contributed by atoms with E-state index < -0.39 is 0 Å². The monoisotopic (exact) mass is 409 g/mol. The van der Waals surface area contributed by atoms with Gasteiger partial charge in [0, 0.05) is 35.3 Å². The van der Waals surface area contributed by atoms with Crippen molar-refractivity contribution < 1.29 is 9.47 Å². The van der Waals surface area contributed by atoms with Gasteiger partial charge >= 0.3 is 0 Å². The maximum absolute atomic E-state index is 5.58. The van der Waals surface area contributed by atoms with Crippen LogP contribution in [0.2, 0.25) is 0 Å². The summed E-state index contributed by atoms with van der Waals surface area (Å²) in [7, 11) is 3.30. The second-order valence-electron chi connectivity index (χ2n) is 7.64. The van der Waals surface area contributed by atoms with Crippen LogP contribution in [0, 0.1) is 6.92 Å². The highest BCUT2D eigenvalue weighted by Gasteiger charge is 2.22. The number of aromatic nitrogens is 3. The molecule has 0 atom stereocenters. The Bertz CT molecular complexity index is 1320. The lowest BCUT2D eigenvalue weighted by Gasteiger charge is -2.18. The molecule has 0 saturated heterocycles. The summed E-state index contributed by atoms with van der Waals surface area (Å²) in [4.78, 5) is 0. The molecule has 0 spiro atoms. The summed E-state index contributed by atoms with van der Waals surface area (Å²) in [6, 6.07) is 22.8. The van der Waals surface area contributed by atoms with Gasteiger partial charge in [0.15, 0.2) is 11.5 Å². The predicted octanol–water partition coefficient (Wildman–Crippen LogP) is 5.58. The van der Waals surface area contributed by atoms with Crippen molar-refractivity contribution in [3.63, 3.8) is 0 Å². The fraction of sp³-hybridized carbons (Fsp3) is 0.154. The number of pyridine rings is 1. The van der Waals surface area contributed by atoms with Gasteiger partial charge in [-0.25, -0.2) is 0 Å². The molecule has 2 aliphatic heterocycles. The zero-order valence-electron chi connectivity index (χ0n) is 17.8. The van der Waals surface area contributed by atoms with Crippen LogP contribution in [0.4, 0.5) is 0 Å². The Morgan fingerprint density at radius 1 is 0.806 bits per heavy atom. The number of aryl methyl sites for hydroxylation is 1. The van der Waals surface area contributed by atoms with E-state index in [2.05, 4.69) is 64.3 Å². The average molecular weight is 409 g/mol. The van der Waals surface area contributed by atoms with Gasteiger partial charge < -0.3 is 14.0 Å². The van der Waals surface area contributed by atoms with Gasteiger partial charge in [0.25, 0.3) is 0 Å². The molecular weight excluding hydrogens is 386 g/mol. The van der Waals surface area contributed by atoms with E-state index >= 15 is 0 Å². The summed E-state index contributed by atoms with van der Waals surface area (Å²) in [5.74, 6) is 1.36. The van der Waals surface area contributed by atoms with Crippen molar-refractivity contribution in [1.29, 1.82) is 0 Å². The second-order valence-corrected chi connectivity index (χ2v) is 7.64. The molecule has 0 fully saturated rings. The average Bonchev–Trinajstić information content (AvgIpc) is 3.24. The number of methoxy groups -OCH3 is 2. The summed E-state index contributed by atoms with van der Waals surface area (Å²) in [6.45, 7) is 2.82. The van der Waals surface area contributed by atoms with Crippen LogP contribution in [-0.2, 0) is 6.54 Å². The van der Waals surface area contributed by atoms with Crippen molar-refractivity contribution in [2.24, 2.45) is 0 Å². The predicted molar refractivity (Wildman–Crippen MR) is 123 cm³/mol. The third-order valence-electron chi connectivity index (χ3n) is 5.63. The van der Waals surface area contributed by atoms with Crippen molar-refractivity contribution in [2.75, 3.05) is 14.2 Å². The fourth-order valence-electron chi connectivity index (χ4n) is 3.99. The van der Waals surface area contributed by atoms with E-state index in [1.807, 2.05) is 30.3 Å². The minimum atomic E-state index is 0.675. The molecule has 0 amide bonds. The third-order valence-corrected chi connectivity index (χ3v) is 5.63. The minimum Gasteiger partial charge on any atom is -0.493 e. The Hall–Kier alpha value is -3.86. The zero-order valence-corrected chi connectivity index (χ0v) is 17.8. The lowest BCUT2D eigenvalue weighted by molar-refractivity contribution is 0.355. The molecule has 2 aliphatic rings. The Labute approximate surface area is 181 Å². The molecule has 0 saturated carbocycles. The first kappa shape index (κ1) is 19.1. The number of benzene rings is 3.